The van der Waals surface area contributed by atoms with Gasteiger partial charge in [-0.15, -0.1) is 0 Å². The Labute approximate surface area is 368 Å². The number of nitrogens with one attached hydrogen (secondary N) is 2. The molecule has 316 valence electrons. The summed E-state index contributed by atoms with van der Waals surface area (Å²) < 4.78 is 9.33. The van der Waals surface area contributed by atoms with E-state index < -0.39 is 17.0 Å². The molecule has 16 rings (SSSR count). The van der Waals surface area contributed by atoms with Crippen LogP contribution in [-0.4, -0.2) is 47.1 Å². The number of rotatable bonds is 1. The summed E-state index contributed by atoms with van der Waals surface area (Å²) in [6.45, 7) is 1.06. The van der Waals surface area contributed by atoms with E-state index in [-0.39, 0.29) is 36.0 Å². The fourth-order valence-corrected chi connectivity index (χ4v) is 14.0. The molecular weight excluding hydrogens is 813 g/mol. The quantitative estimate of drug-likeness (QED) is 0.114. The molecule has 4 aliphatic heterocycles. The first-order chi connectivity index (χ1) is 31.6. The van der Waals surface area contributed by atoms with Crippen LogP contribution in [0.3, 0.4) is 0 Å². The number of nitrogens with zero attached hydrogens (tertiary/aromatic N) is 5. The van der Waals surface area contributed by atoms with Crippen LogP contribution >= 0.6 is 0 Å². The first kappa shape index (κ1) is 35.8. The predicted molar refractivity (Wildman–Crippen MR) is 250 cm³/mol. The van der Waals surface area contributed by atoms with Crippen LogP contribution in [0.5, 0.6) is 0 Å². The van der Waals surface area contributed by atoms with Gasteiger partial charge in [-0.25, -0.2) is 0 Å². The Kier molecular flexibility index (Phi) is 6.34. The van der Waals surface area contributed by atoms with E-state index in [9.17, 15) is 19.6 Å². The van der Waals surface area contributed by atoms with Gasteiger partial charge in [0.15, 0.2) is 0 Å². The third-order valence-corrected chi connectivity index (χ3v) is 16.5. The third kappa shape index (κ3) is 3.95. The number of amides is 3. The number of nitrogens with two attached hydrogens (primary N) is 3. The van der Waals surface area contributed by atoms with Crippen LogP contribution < -0.4 is 27.8 Å². The van der Waals surface area contributed by atoms with Crippen molar-refractivity contribution in [3.8, 4) is 6.07 Å². The van der Waals surface area contributed by atoms with Crippen molar-refractivity contribution < 1.29 is 14.4 Å². The van der Waals surface area contributed by atoms with Crippen LogP contribution in [0.2, 0.25) is 0 Å². The Morgan fingerprint density at radius 1 is 0.569 bits per heavy atom. The molecule has 0 radical (unpaired) electrons. The van der Waals surface area contributed by atoms with E-state index in [1.54, 1.807) is 0 Å². The van der Waals surface area contributed by atoms with Gasteiger partial charge < -0.3 is 46.1 Å². The molecule has 8 heterocycles. The Morgan fingerprint density at radius 3 is 1.42 bits per heavy atom. The predicted octanol–water partition coefficient (Wildman–Crippen LogP) is 7.47. The Morgan fingerprint density at radius 2 is 0.954 bits per heavy atom. The lowest BCUT2D eigenvalue weighted by Gasteiger charge is -2.31. The summed E-state index contributed by atoms with van der Waals surface area (Å²) in [7, 11) is 0. The molecule has 2 aliphatic carbocycles. The highest BCUT2D eigenvalue weighted by Crippen LogP contribution is 2.58. The molecule has 2 fully saturated rings. The second-order valence-electron chi connectivity index (χ2n) is 19.3. The molecule has 6 aliphatic rings. The monoisotopic (exact) mass is 852 g/mol. The number of para-hydroxylation sites is 4. The topological polar surface area (TPSA) is 197 Å². The lowest BCUT2D eigenvalue weighted by atomic mass is 9.92. The summed E-state index contributed by atoms with van der Waals surface area (Å²) in [5.74, 6) is -0.540. The summed E-state index contributed by atoms with van der Waals surface area (Å²) >= 11 is 0. The second-order valence-corrected chi connectivity index (χ2v) is 19.3. The molecule has 13 heteroatoms. The second kappa shape index (κ2) is 11.5. The van der Waals surface area contributed by atoms with Gasteiger partial charge in [0, 0.05) is 96.8 Å². The average molecular weight is 853 g/mol. The van der Waals surface area contributed by atoms with E-state index in [1.807, 2.05) is 36.4 Å². The molecule has 3 amide bonds. The van der Waals surface area contributed by atoms with Gasteiger partial charge in [0.05, 0.1) is 51.3 Å². The van der Waals surface area contributed by atoms with E-state index in [4.69, 9.17) is 17.2 Å². The maximum Gasteiger partial charge on any atom is 0.252 e. The van der Waals surface area contributed by atoms with E-state index in [2.05, 4.69) is 95.6 Å². The minimum absolute atomic E-state index is 0.0182. The van der Waals surface area contributed by atoms with Crippen LogP contribution in [0.1, 0.15) is 81.7 Å². The highest BCUT2D eigenvalue weighted by Gasteiger charge is 2.54. The van der Waals surface area contributed by atoms with Gasteiger partial charge >= 0.3 is 0 Å². The highest BCUT2D eigenvalue weighted by atomic mass is 16.2. The molecule has 65 heavy (non-hydrogen) atoms. The number of carbonyl (C=O) groups is 3. The SMILES string of the molecule is N#C[C@]1(N)C[C@@H]2C[C@H]1n1c3ccccc3c3c4c(c5c6ccccc6n2c5c31)CNC4=O.NC(=O)[C@]1(N)C[C@@H]2C[C@H]1n1c3ccccc3c3c4c(c5c6ccccc6n2c5c31)CNC4=O. The maximum atomic E-state index is 13.2. The van der Waals surface area contributed by atoms with Crippen molar-refractivity contribution in [2.24, 2.45) is 17.2 Å². The Balaban J connectivity index is 0.000000120. The Hall–Kier alpha value is -7.66. The van der Waals surface area contributed by atoms with Gasteiger partial charge in [0.25, 0.3) is 11.8 Å². The lowest BCUT2D eigenvalue weighted by Crippen LogP contribution is -2.55. The van der Waals surface area contributed by atoms with Gasteiger partial charge in [-0.3, -0.25) is 14.4 Å². The molecule has 0 spiro atoms. The van der Waals surface area contributed by atoms with Crippen LogP contribution in [0.4, 0.5) is 0 Å². The van der Waals surface area contributed by atoms with E-state index in [1.165, 1.54) is 10.9 Å². The molecule has 4 bridgehead atoms. The molecule has 6 aromatic carbocycles. The first-order valence-electron chi connectivity index (χ1n) is 22.5. The number of primary amides is 1. The minimum Gasteiger partial charge on any atom is -0.368 e. The molecule has 2 saturated carbocycles. The summed E-state index contributed by atoms with van der Waals surface area (Å²) in [5.41, 5.74) is 29.8. The van der Waals surface area contributed by atoms with Crippen LogP contribution in [0.15, 0.2) is 97.1 Å². The number of carbonyl (C=O) groups excluding carboxylic acids is 3. The lowest BCUT2D eigenvalue weighted by molar-refractivity contribution is -0.124. The highest BCUT2D eigenvalue weighted by molar-refractivity contribution is 6.32. The number of benzene rings is 6. The fourth-order valence-electron chi connectivity index (χ4n) is 14.0. The molecule has 13 nitrogen and oxygen atoms in total. The van der Waals surface area contributed by atoms with Crippen LogP contribution in [-0.2, 0) is 17.9 Å². The van der Waals surface area contributed by atoms with Gasteiger partial charge in [-0.2, -0.15) is 5.26 Å². The van der Waals surface area contributed by atoms with Gasteiger partial charge in [0.2, 0.25) is 5.91 Å². The van der Waals surface area contributed by atoms with Crippen molar-refractivity contribution in [1.82, 2.24) is 28.9 Å². The molecule has 6 atom stereocenters. The van der Waals surface area contributed by atoms with Gasteiger partial charge in [-0.05, 0) is 54.7 Å². The van der Waals surface area contributed by atoms with Crippen molar-refractivity contribution in [3.05, 3.63) is 119 Å². The van der Waals surface area contributed by atoms with Crippen LogP contribution in [0.25, 0.3) is 87.2 Å². The Bertz CT molecular complexity index is 4030. The summed E-state index contributed by atoms with van der Waals surface area (Å²) in [5, 5.41) is 24.9. The largest absolute Gasteiger partial charge is 0.368 e. The van der Waals surface area contributed by atoms with Crippen LogP contribution in [0, 0.1) is 11.3 Å². The summed E-state index contributed by atoms with van der Waals surface area (Å²) in [4.78, 5) is 39.1. The first-order valence-corrected chi connectivity index (χ1v) is 22.5. The molecular formula is C52H40N10O3. The molecule has 4 aromatic heterocycles. The third-order valence-electron chi connectivity index (χ3n) is 16.5. The zero-order valence-electron chi connectivity index (χ0n) is 35.0. The molecule has 0 saturated heterocycles. The zero-order chi connectivity index (χ0) is 43.6. The normalized spacial score (nSPS) is 25.6. The van der Waals surface area contributed by atoms with Crippen molar-refractivity contribution in [2.75, 3.05) is 0 Å². The van der Waals surface area contributed by atoms with E-state index in [0.717, 1.165) is 105 Å². The fraction of sp³-hybridized carbons (Fsp3) is 0.231. The maximum absolute atomic E-state index is 13.2. The molecule has 8 N–H and O–H groups in total. The molecule has 10 aromatic rings. The number of aromatic nitrogens is 4. The number of fused-ring (bicyclic) bond motifs is 26. The minimum atomic E-state index is -1.17. The van der Waals surface area contributed by atoms with Crippen molar-refractivity contribution in [3.63, 3.8) is 0 Å². The van der Waals surface area contributed by atoms with Gasteiger partial charge in [0.1, 0.15) is 11.1 Å². The average Bonchev–Trinajstić information content (AvgIpc) is 4.19. The zero-order valence-corrected chi connectivity index (χ0v) is 35.0. The summed E-state index contributed by atoms with van der Waals surface area (Å²) in [6.07, 6.45) is 2.62. The molecule has 0 unspecified atom stereocenters. The summed E-state index contributed by atoms with van der Waals surface area (Å²) in [6, 6.07) is 35.4. The van der Waals surface area contributed by atoms with E-state index in [0.29, 0.717) is 32.4 Å². The van der Waals surface area contributed by atoms with Crippen molar-refractivity contribution in [2.45, 2.75) is 74.0 Å². The number of hydrogen-bond acceptors (Lipinski definition) is 6. The standard InChI is InChI=1S/C26H21N5O2.C26H19N5O/c27-25(33)26(28)10-12-9-18(26)31-17-8-4-2-6-14(17)20-21-15(11-29-24(21)32)19-13-5-1-3-7-16(13)30(12)22(19)23(20)31;27-12-26(28)10-13-9-19(26)31-18-8-4-2-6-15(18)21-22-16(11-29-25(22)32)20-14-5-1-3-7-17(14)30(13)23(20)24(21)31/h1-8,12,18H,9-11,28H2,(H2,27,33)(H,29,32);1-8,13,19H,9-11,28H2,(H,29,32)/t12-,18+,26-;13-,19+,26+/m00/s1. The number of nitriles is 1. The van der Waals surface area contributed by atoms with Crippen molar-refractivity contribution >= 4 is 105 Å². The van der Waals surface area contributed by atoms with Crippen molar-refractivity contribution in [1.29, 1.82) is 5.26 Å². The smallest absolute Gasteiger partial charge is 0.252 e. The van der Waals surface area contributed by atoms with Gasteiger partial charge in [-0.1, -0.05) is 72.8 Å². The van der Waals surface area contributed by atoms with E-state index >= 15 is 0 Å². The number of hydrogen-bond donors (Lipinski definition) is 5.